The zero-order valence-electron chi connectivity index (χ0n) is 17.4. The molecular formula is C27H15N5. The van der Waals surface area contributed by atoms with Crippen molar-refractivity contribution in [3.8, 4) is 24.3 Å². The molecule has 0 atom stereocenters. The summed E-state index contributed by atoms with van der Waals surface area (Å²) < 4.78 is 2.12. The van der Waals surface area contributed by atoms with Crippen LogP contribution in [0.4, 0.5) is 0 Å². The molecule has 148 valence electrons. The predicted octanol–water partition coefficient (Wildman–Crippen LogP) is 4.36. The molecule has 5 aromatic rings. The molecule has 0 N–H and O–H groups in total. The molecule has 0 fully saturated rings. The summed E-state index contributed by atoms with van der Waals surface area (Å²) in [5, 5.41) is 43.4. The molecule has 0 aliphatic carbocycles. The molecule has 0 amide bonds. The second-order valence-corrected chi connectivity index (χ2v) is 8.08. The van der Waals surface area contributed by atoms with Gasteiger partial charge in [-0.2, -0.15) is 21.0 Å². The van der Waals surface area contributed by atoms with E-state index in [1.54, 1.807) is 0 Å². The van der Waals surface area contributed by atoms with Gasteiger partial charge in [0.25, 0.3) is 0 Å². The van der Waals surface area contributed by atoms with E-state index in [4.69, 9.17) is 0 Å². The Morgan fingerprint density at radius 2 is 1.12 bits per heavy atom. The monoisotopic (exact) mass is 409 g/mol. The number of aromatic nitrogens is 1. The van der Waals surface area contributed by atoms with Gasteiger partial charge < -0.3 is 4.40 Å². The Kier molecular flexibility index (Phi) is 4.10. The van der Waals surface area contributed by atoms with Crippen molar-refractivity contribution in [2.24, 2.45) is 0 Å². The fraction of sp³-hybridized carbons (Fsp3) is 0.111. The molecule has 0 radical (unpaired) electrons. The highest BCUT2D eigenvalue weighted by Crippen LogP contribution is 2.33. The van der Waals surface area contributed by atoms with Gasteiger partial charge in [-0.05, 0) is 35.7 Å². The van der Waals surface area contributed by atoms with Crippen molar-refractivity contribution >= 4 is 49.2 Å². The molecule has 0 saturated carbocycles. The molecule has 32 heavy (non-hydrogen) atoms. The normalized spacial score (nSPS) is 11.0. The summed E-state index contributed by atoms with van der Waals surface area (Å²) in [5.74, 6) is 0.172. The molecule has 0 unspecified atom stereocenters. The molecule has 0 spiro atoms. The largest absolute Gasteiger partial charge is 0.308 e. The van der Waals surface area contributed by atoms with E-state index in [1.807, 2.05) is 72.8 Å². The van der Waals surface area contributed by atoms with Gasteiger partial charge in [-0.1, -0.05) is 38.1 Å². The average Bonchev–Trinajstić information content (AvgIpc) is 3.13. The van der Waals surface area contributed by atoms with E-state index < -0.39 is 0 Å². The maximum atomic E-state index is 9.69. The first-order valence-corrected chi connectivity index (χ1v) is 10.1. The third-order valence-corrected chi connectivity index (χ3v) is 6.11. The lowest BCUT2D eigenvalue weighted by Crippen LogP contribution is -2.15. The van der Waals surface area contributed by atoms with Crippen molar-refractivity contribution in [1.29, 1.82) is 21.0 Å². The number of hydrogen-bond acceptors (Lipinski definition) is 4. The maximum absolute atomic E-state index is 9.69. The quantitative estimate of drug-likeness (QED) is 0.411. The Morgan fingerprint density at radius 3 is 1.50 bits per heavy atom. The Bertz CT molecular complexity index is 1730. The number of benzene rings is 2. The van der Waals surface area contributed by atoms with Gasteiger partial charge in [0.15, 0.2) is 0 Å². The second kappa shape index (κ2) is 6.85. The highest BCUT2D eigenvalue weighted by molar-refractivity contribution is 6.15. The first kappa shape index (κ1) is 19.1. The predicted molar refractivity (Wildman–Crippen MR) is 124 cm³/mol. The zero-order valence-corrected chi connectivity index (χ0v) is 17.4. The highest BCUT2D eigenvalue weighted by Gasteiger charge is 2.19. The van der Waals surface area contributed by atoms with Gasteiger partial charge >= 0.3 is 0 Å². The van der Waals surface area contributed by atoms with Crippen LogP contribution >= 0.6 is 0 Å². The molecule has 0 saturated heterocycles. The van der Waals surface area contributed by atoms with E-state index in [0.717, 1.165) is 43.7 Å². The molecule has 5 rings (SSSR count). The summed E-state index contributed by atoms with van der Waals surface area (Å²) in [4.78, 5) is 0. The van der Waals surface area contributed by atoms with Crippen molar-refractivity contribution in [2.75, 3.05) is 0 Å². The minimum Gasteiger partial charge on any atom is -0.308 e. The summed E-state index contributed by atoms with van der Waals surface area (Å²) in [5.41, 5.74) is 3.64. The summed E-state index contributed by atoms with van der Waals surface area (Å²) in [6, 6.07) is 23.9. The SMILES string of the molecule is CC(C)c1cc2c(=C(C#N)C#N)cc3c4ccccc4c4cc(=C(C#N)C#N)c(c1)c2n34. The number of pyridine rings is 2. The molecule has 0 bridgehead atoms. The smallest absolute Gasteiger partial charge is 0.137 e. The van der Waals surface area contributed by atoms with Crippen molar-refractivity contribution in [2.45, 2.75) is 19.8 Å². The summed E-state index contributed by atoms with van der Waals surface area (Å²) in [6.45, 7) is 4.12. The number of rotatable bonds is 1. The topological polar surface area (TPSA) is 99.6 Å². The summed E-state index contributed by atoms with van der Waals surface area (Å²) in [6.07, 6.45) is 0. The Morgan fingerprint density at radius 1 is 0.688 bits per heavy atom. The van der Waals surface area contributed by atoms with Crippen LogP contribution in [0.2, 0.25) is 0 Å². The number of fused-ring (bicyclic) bond motifs is 3. The lowest BCUT2D eigenvalue weighted by molar-refractivity contribution is 0.869. The minimum atomic E-state index is 0.0343. The van der Waals surface area contributed by atoms with E-state index in [-0.39, 0.29) is 17.1 Å². The Hall–Kier alpha value is -4.84. The van der Waals surface area contributed by atoms with Crippen molar-refractivity contribution < 1.29 is 0 Å². The highest BCUT2D eigenvalue weighted by atomic mass is 14.9. The van der Waals surface area contributed by atoms with E-state index in [0.29, 0.717) is 10.4 Å². The fourth-order valence-electron chi connectivity index (χ4n) is 4.60. The first-order chi connectivity index (χ1) is 15.5. The van der Waals surface area contributed by atoms with E-state index in [9.17, 15) is 21.0 Å². The van der Waals surface area contributed by atoms with Crippen LogP contribution < -0.4 is 10.4 Å². The fourth-order valence-corrected chi connectivity index (χ4v) is 4.60. The van der Waals surface area contributed by atoms with Crippen LogP contribution in [0.15, 0.2) is 48.5 Å². The Labute approximate surface area is 183 Å². The van der Waals surface area contributed by atoms with Crippen LogP contribution in [0.5, 0.6) is 0 Å². The first-order valence-electron chi connectivity index (χ1n) is 10.1. The molecule has 0 aliphatic heterocycles. The second-order valence-electron chi connectivity index (χ2n) is 8.08. The average molecular weight is 409 g/mol. The van der Waals surface area contributed by atoms with Crippen LogP contribution in [0, 0.1) is 45.3 Å². The summed E-state index contributed by atoms with van der Waals surface area (Å²) in [7, 11) is 0. The van der Waals surface area contributed by atoms with Crippen LogP contribution in [-0.4, -0.2) is 4.40 Å². The third kappa shape index (κ3) is 2.40. The van der Waals surface area contributed by atoms with Gasteiger partial charge in [0.1, 0.15) is 35.4 Å². The van der Waals surface area contributed by atoms with Crippen LogP contribution in [0.25, 0.3) is 49.2 Å². The molecule has 2 aromatic carbocycles. The van der Waals surface area contributed by atoms with Crippen LogP contribution in [0.3, 0.4) is 0 Å². The lowest BCUT2D eigenvalue weighted by Gasteiger charge is -2.15. The van der Waals surface area contributed by atoms with Crippen molar-refractivity contribution in [3.63, 3.8) is 0 Å². The third-order valence-electron chi connectivity index (χ3n) is 6.11. The van der Waals surface area contributed by atoms with E-state index in [1.165, 1.54) is 0 Å². The molecule has 0 aliphatic rings. The molecule has 3 aromatic heterocycles. The van der Waals surface area contributed by atoms with Gasteiger partial charge in [0, 0.05) is 32.0 Å². The van der Waals surface area contributed by atoms with E-state index >= 15 is 0 Å². The number of nitrogens with zero attached hydrogens (tertiary/aromatic N) is 5. The Balaban J connectivity index is 2.32. The zero-order chi connectivity index (χ0) is 22.6. The molecular weight excluding hydrogens is 394 g/mol. The molecule has 3 heterocycles. The summed E-state index contributed by atoms with van der Waals surface area (Å²) >= 11 is 0. The van der Waals surface area contributed by atoms with Gasteiger partial charge in [0.05, 0.1) is 16.6 Å². The van der Waals surface area contributed by atoms with Crippen LogP contribution in [-0.2, 0) is 0 Å². The van der Waals surface area contributed by atoms with E-state index in [2.05, 4.69) is 18.2 Å². The standard InChI is InChI=1S/C27H15N5/c1-15(2)16-7-23-21(17(11-28)12-29)9-25-19-5-3-4-6-20(19)26-10-22(18(13-30)14-31)24(8-16)27(23)32(25)26/h3-10,15H,1-2H3. The lowest BCUT2D eigenvalue weighted by atomic mass is 9.95. The van der Waals surface area contributed by atoms with Crippen molar-refractivity contribution in [3.05, 3.63) is 64.5 Å². The number of hydrogen-bond donors (Lipinski definition) is 0. The maximum Gasteiger partial charge on any atom is 0.137 e. The minimum absolute atomic E-state index is 0.0343. The number of nitriles is 4. The molecule has 5 nitrogen and oxygen atoms in total. The van der Waals surface area contributed by atoms with Crippen LogP contribution in [0.1, 0.15) is 25.3 Å². The molecule has 5 heteroatoms. The van der Waals surface area contributed by atoms with Gasteiger partial charge in [0.2, 0.25) is 0 Å². The van der Waals surface area contributed by atoms with Gasteiger partial charge in [-0.3, -0.25) is 0 Å². The van der Waals surface area contributed by atoms with Crippen molar-refractivity contribution in [1.82, 2.24) is 4.40 Å². The van der Waals surface area contributed by atoms with Gasteiger partial charge in [-0.15, -0.1) is 0 Å². The van der Waals surface area contributed by atoms with Gasteiger partial charge in [-0.25, -0.2) is 0 Å².